The standard InChI is InChI=1S/C32H32ClN5O9/c1-47-32(46)22(10-11-28(40)41)37-31(45)25(15-29(42)43)38-30(44)24(13-17-6-7-18-4-2-3-5-19(18)12-17)36-27(39)16-26-34-21-9-8-20(33)14-23(21)35-26/h2-9,12,14,22,24-25H,10-11,13,15-16H2,1H3,(H,34,35)(H,36,39)(H,37,45)(H,38,44)(H,40,41)(H,42,43)/t22-,24-,25-/m0/s1. The van der Waals surface area contributed by atoms with Gasteiger partial charge in [-0.15, -0.1) is 0 Å². The number of imidazole rings is 1. The average molecular weight is 666 g/mol. The Kier molecular flexibility index (Phi) is 11.5. The van der Waals surface area contributed by atoms with Crippen LogP contribution in [-0.2, 0) is 46.3 Å². The van der Waals surface area contributed by atoms with Crippen molar-refractivity contribution in [1.82, 2.24) is 25.9 Å². The van der Waals surface area contributed by atoms with Crippen molar-refractivity contribution >= 4 is 69.0 Å². The molecule has 6 N–H and O–H groups in total. The van der Waals surface area contributed by atoms with Gasteiger partial charge in [0.15, 0.2) is 0 Å². The van der Waals surface area contributed by atoms with Crippen LogP contribution in [0.2, 0.25) is 5.02 Å². The number of nitrogens with one attached hydrogen (secondary N) is 4. The van der Waals surface area contributed by atoms with Crippen molar-refractivity contribution in [3.8, 4) is 0 Å². The summed E-state index contributed by atoms with van der Waals surface area (Å²) in [6, 6.07) is 13.6. The van der Waals surface area contributed by atoms with Crippen LogP contribution >= 0.6 is 11.6 Å². The fraction of sp³-hybridized carbons (Fsp3) is 0.281. The Morgan fingerprint density at radius 1 is 0.851 bits per heavy atom. The van der Waals surface area contributed by atoms with Crippen LogP contribution in [0, 0.1) is 0 Å². The van der Waals surface area contributed by atoms with E-state index in [0.29, 0.717) is 27.4 Å². The van der Waals surface area contributed by atoms with Gasteiger partial charge in [0.25, 0.3) is 0 Å². The number of hydrogen-bond donors (Lipinski definition) is 6. The normalized spacial score (nSPS) is 12.9. The molecule has 0 aliphatic heterocycles. The smallest absolute Gasteiger partial charge is 0.328 e. The molecule has 0 fully saturated rings. The van der Waals surface area contributed by atoms with Gasteiger partial charge in [-0.05, 0) is 41.0 Å². The lowest BCUT2D eigenvalue weighted by molar-refractivity contribution is -0.146. The van der Waals surface area contributed by atoms with Gasteiger partial charge in [-0.1, -0.05) is 54.1 Å². The highest BCUT2D eigenvalue weighted by Crippen LogP contribution is 2.19. The molecule has 1 heterocycles. The Morgan fingerprint density at radius 2 is 1.55 bits per heavy atom. The fourth-order valence-corrected chi connectivity index (χ4v) is 5.09. The third-order valence-corrected chi connectivity index (χ3v) is 7.42. The highest BCUT2D eigenvalue weighted by Gasteiger charge is 2.32. The Balaban J connectivity index is 1.56. The molecule has 15 heteroatoms. The molecule has 4 rings (SSSR count). The first-order chi connectivity index (χ1) is 22.4. The third-order valence-electron chi connectivity index (χ3n) is 7.19. The van der Waals surface area contributed by atoms with E-state index in [1.807, 2.05) is 36.4 Å². The van der Waals surface area contributed by atoms with E-state index in [1.54, 1.807) is 24.3 Å². The monoisotopic (exact) mass is 665 g/mol. The number of nitrogens with zero attached hydrogens (tertiary/aromatic N) is 1. The summed E-state index contributed by atoms with van der Waals surface area (Å²) in [6.45, 7) is 0. The molecule has 0 saturated carbocycles. The lowest BCUT2D eigenvalue weighted by Gasteiger charge is -2.24. The van der Waals surface area contributed by atoms with Crippen molar-refractivity contribution in [2.75, 3.05) is 7.11 Å². The molecule has 0 radical (unpaired) electrons. The molecule has 0 aliphatic rings. The average Bonchev–Trinajstić information content (AvgIpc) is 3.42. The number of carboxylic acid groups (broad SMARTS) is 2. The number of rotatable bonds is 15. The fourth-order valence-electron chi connectivity index (χ4n) is 4.91. The zero-order valence-corrected chi connectivity index (χ0v) is 25.9. The van der Waals surface area contributed by atoms with E-state index in [4.69, 9.17) is 16.7 Å². The number of carbonyl (C=O) groups is 6. The number of amides is 3. The molecule has 0 unspecified atom stereocenters. The molecular formula is C32H32ClN5O9. The van der Waals surface area contributed by atoms with Crippen LogP contribution in [0.3, 0.4) is 0 Å². The van der Waals surface area contributed by atoms with E-state index in [9.17, 15) is 33.9 Å². The maximum atomic E-state index is 13.7. The minimum absolute atomic E-state index is 0.0248. The maximum absolute atomic E-state index is 13.7. The maximum Gasteiger partial charge on any atom is 0.328 e. The van der Waals surface area contributed by atoms with Gasteiger partial charge in [0, 0.05) is 17.9 Å². The molecule has 14 nitrogen and oxygen atoms in total. The van der Waals surface area contributed by atoms with E-state index in [0.717, 1.165) is 17.9 Å². The molecule has 246 valence electrons. The number of methoxy groups -OCH3 is 1. The topological polar surface area (TPSA) is 217 Å². The molecule has 47 heavy (non-hydrogen) atoms. The van der Waals surface area contributed by atoms with Crippen molar-refractivity contribution < 1.29 is 43.7 Å². The Bertz CT molecular complexity index is 1830. The highest BCUT2D eigenvalue weighted by atomic mass is 35.5. The first-order valence-electron chi connectivity index (χ1n) is 14.4. The van der Waals surface area contributed by atoms with E-state index in [2.05, 4.69) is 30.7 Å². The number of fused-ring (bicyclic) bond motifs is 2. The number of H-pyrrole nitrogens is 1. The van der Waals surface area contributed by atoms with Gasteiger partial charge in [0.05, 0.1) is 31.0 Å². The van der Waals surface area contributed by atoms with Gasteiger partial charge in [-0.25, -0.2) is 9.78 Å². The Morgan fingerprint density at radius 3 is 2.26 bits per heavy atom. The number of carboxylic acids is 2. The van der Waals surface area contributed by atoms with Gasteiger partial charge < -0.3 is 35.9 Å². The number of halogens is 1. The predicted molar refractivity (Wildman–Crippen MR) is 169 cm³/mol. The summed E-state index contributed by atoms with van der Waals surface area (Å²) in [5, 5.41) is 28.1. The molecule has 3 atom stereocenters. The molecule has 0 spiro atoms. The Labute approximate surface area is 272 Å². The predicted octanol–water partition coefficient (Wildman–Crippen LogP) is 2.12. The number of aromatic amines is 1. The molecule has 0 aliphatic carbocycles. The molecule has 0 saturated heterocycles. The van der Waals surface area contributed by atoms with Crippen molar-refractivity contribution in [3.63, 3.8) is 0 Å². The molecule has 3 amide bonds. The highest BCUT2D eigenvalue weighted by molar-refractivity contribution is 6.31. The number of hydrogen-bond acceptors (Lipinski definition) is 8. The lowest BCUT2D eigenvalue weighted by atomic mass is 10.0. The Hall–Kier alpha value is -5.50. The van der Waals surface area contributed by atoms with Crippen molar-refractivity contribution in [1.29, 1.82) is 0 Å². The van der Waals surface area contributed by atoms with Gasteiger partial charge in [-0.2, -0.15) is 0 Å². The largest absolute Gasteiger partial charge is 0.481 e. The zero-order valence-electron chi connectivity index (χ0n) is 25.1. The summed E-state index contributed by atoms with van der Waals surface area (Å²) in [5.41, 5.74) is 1.86. The van der Waals surface area contributed by atoms with E-state index < -0.39 is 66.6 Å². The van der Waals surface area contributed by atoms with Crippen LogP contribution < -0.4 is 16.0 Å². The number of aliphatic carboxylic acids is 2. The van der Waals surface area contributed by atoms with Crippen molar-refractivity contribution in [2.24, 2.45) is 0 Å². The van der Waals surface area contributed by atoms with Gasteiger partial charge in [-0.3, -0.25) is 24.0 Å². The van der Waals surface area contributed by atoms with Crippen molar-refractivity contribution in [2.45, 2.75) is 50.2 Å². The number of benzene rings is 3. The van der Waals surface area contributed by atoms with Crippen LogP contribution in [-0.4, -0.2) is 81.0 Å². The SMILES string of the molecule is COC(=O)[C@H](CCC(=O)O)NC(=O)[C@H](CC(=O)O)NC(=O)[C@H](Cc1ccc2ccccc2c1)NC(=O)Cc1nc2ccc(Cl)cc2[nH]1. The van der Waals surface area contributed by atoms with Crippen LogP contribution in [0.15, 0.2) is 60.7 Å². The van der Waals surface area contributed by atoms with Crippen molar-refractivity contribution in [3.05, 3.63) is 77.1 Å². The number of carbonyl (C=O) groups excluding carboxylic acids is 4. The number of esters is 1. The van der Waals surface area contributed by atoms with Gasteiger partial charge in [0.2, 0.25) is 17.7 Å². The summed E-state index contributed by atoms with van der Waals surface area (Å²) in [5.74, 6) is -5.83. The van der Waals surface area contributed by atoms with Crippen LogP contribution in [0.4, 0.5) is 0 Å². The second kappa shape index (κ2) is 15.7. The first-order valence-corrected chi connectivity index (χ1v) is 14.8. The summed E-state index contributed by atoms with van der Waals surface area (Å²) in [6.07, 6.45) is -1.97. The summed E-state index contributed by atoms with van der Waals surface area (Å²) in [7, 11) is 1.04. The first kappa shape index (κ1) is 34.4. The van der Waals surface area contributed by atoms with Gasteiger partial charge in [0.1, 0.15) is 23.9 Å². The molecule has 4 aromatic rings. The van der Waals surface area contributed by atoms with Crippen LogP contribution in [0.25, 0.3) is 21.8 Å². The minimum atomic E-state index is -1.69. The number of aromatic nitrogens is 2. The van der Waals surface area contributed by atoms with E-state index in [-0.39, 0.29) is 19.3 Å². The number of ether oxygens (including phenoxy) is 1. The second-order valence-electron chi connectivity index (χ2n) is 10.7. The van der Waals surface area contributed by atoms with Gasteiger partial charge >= 0.3 is 17.9 Å². The quantitative estimate of drug-likeness (QED) is 0.102. The van der Waals surface area contributed by atoms with E-state index in [1.165, 1.54) is 0 Å². The second-order valence-corrected chi connectivity index (χ2v) is 11.1. The molecule has 3 aromatic carbocycles. The zero-order chi connectivity index (χ0) is 34.1. The third kappa shape index (κ3) is 9.74. The van der Waals surface area contributed by atoms with Crippen LogP contribution in [0.5, 0.6) is 0 Å². The molecule has 1 aromatic heterocycles. The molecule has 0 bridgehead atoms. The molecular weight excluding hydrogens is 634 g/mol. The van der Waals surface area contributed by atoms with E-state index >= 15 is 0 Å². The lowest BCUT2D eigenvalue weighted by Crippen LogP contribution is -2.57. The summed E-state index contributed by atoms with van der Waals surface area (Å²) >= 11 is 6.04. The summed E-state index contributed by atoms with van der Waals surface area (Å²) < 4.78 is 4.63. The summed E-state index contributed by atoms with van der Waals surface area (Å²) in [4.78, 5) is 82.3. The minimum Gasteiger partial charge on any atom is -0.481 e. The van der Waals surface area contributed by atoms with Crippen LogP contribution in [0.1, 0.15) is 30.7 Å².